The number of nitrogens with one attached hydrogen (secondary N) is 1. The lowest BCUT2D eigenvalue weighted by Crippen LogP contribution is -2.40. The summed E-state index contributed by atoms with van der Waals surface area (Å²) < 4.78 is 22.8. The normalized spacial score (nSPS) is 16.0. The first-order valence-electron chi connectivity index (χ1n) is 12.9. The van der Waals surface area contributed by atoms with E-state index in [9.17, 15) is 0 Å². The molecule has 38 heavy (non-hydrogen) atoms. The lowest BCUT2D eigenvalue weighted by molar-refractivity contribution is 0.121. The van der Waals surface area contributed by atoms with E-state index in [0.29, 0.717) is 69.0 Å². The van der Waals surface area contributed by atoms with Crippen molar-refractivity contribution in [2.24, 2.45) is 5.10 Å². The highest BCUT2D eigenvalue weighted by Gasteiger charge is 2.20. The molecule has 2 saturated heterocycles. The number of nitrogens with zero attached hydrogens (tertiary/aromatic N) is 6. The molecule has 0 spiro atoms. The summed E-state index contributed by atoms with van der Waals surface area (Å²) in [5.74, 6) is 2.95. The van der Waals surface area contributed by atoms with Crippen LogP contribution in [0.25, 0.3) is 0 Å². The Morgan fingerprint density at radius 3 is 2.13 bits per heavy atom. The molecule has 3 aromatic rings. The van der Waals surface area contributed by atoms with Crippen molar-refractivity contribution in [1.29, 1.82) is 0 Å². The number of ether oxygens (including phenoxy) is 4. The Morgan fingerprint density at radius 1 is 0.842 bits per heavy atom. The van der Waals surface area contributed by atoms with Gasteiger partial charge in [-0.05, 0) is 36.2 Å². The molecule has 2 aromatic carbocycles. The summed E-state index contributed by atoms with van der Waals surface area (Å²) in [5, 5.41) is 4.40. The number of morpholine rings is 2. The predicted molar refractivity (Wildman–Crippen MR) is 145 cm³/mol. The maximum Gasteiger partial charge on any atom is 0.250 e. The second-order valence-corrected chi connectivity index (χ2v) is 8.74. The van der Waals surface area contributed by atoms with Gasteiger partial charge >= 0.3 is 0 Å². The van der Waals surface area contributed by atoms with Gasteiger partial charge in [-0.3, -0.25) is 0 Å². The molecule has 0 unspecified atom stereocenters. The monoisotopic (exact) mass is 519 g/mol. The summed E-state index contributed by atoms with van der Waals surface area (Å²) >= 11 is 0. The number of aromatic nitrogens is 3. The maximum absolute atomic E-state index is 6.01. The third kappa shape index (κ3) is 6.87. The molecule has 0 atom stereocenters. The minimum absolute atomic E-state index is 0.382. The lowest BCUT2D eigenvalue weighted by atomic mass is 10.2. The Balaban J connectivity index is 1.30. The molecule has 5 rings (SSSR count). The Hall–Kier alpha value is -3.96. The van der Waals surface area contributed by atoms with Crippen LogP contribution in [0, 0.1) is 0 Å². The van der Waals surface area contributed by atoms with Gasteiger partial charge in [0.25, 0.3) is 0 Å². The molecule has 11 nitrogen and oxygen atoms in total. The van der Waals surface area contributed by atoms with Crippen LogP contribution in [0.2, 0.25) is 0 Å². The Kier molecular flexibility index (Phi) is 8.80. The van der Waals surface area contributed by atoms with E-state index in [1.807, 2.05) is 55.5 Å². The molecule has 200 valence electrons. The number of hydrogen-bond donors (Lipinski definition) is 1. The number of hydrogen-bond acceptors (Lipinski definition) is 11. The average molecular weight is 520 g/mol. The summed E-state index contributed by atoms with van der Waals surface area (Å²) in [5.41, 5.74) is 4.93. The molecule has 0 saturated carbocycles. The second kappa shape index (κ2) is 13.0. The van der Waals surface area contributed by atoms with E-state index in [2.05, 4.69) is 30.3 Å². The van der Waals surface area contributed by atoms with Crippen molar-refractivity contribution in [3.63, 3.8) is 0 Å². The highest BCUT2D eigenvalue weighted by Crippen LogP contribution is 2.29. The smallest absolute Gasteiger partial charge is 0.250 e. The first-order valence-corrected chi connectivity index (χ1v) is 12.9. The Morgan fingerprint density at radius 2 is 1.50 bits per heavy atom. The minimum atomic E-state index is 0.382. The van der Waals surface area contributed by atoms with Gasteiger partial charge in [0.15, 0.2) is 11.5 Å². The van der Waals surface area contributed by atoms with E-state index < -0.39 is 0 Å². The second-order valence-electron chi connectivity index (χ2n) is 8.74. The molecule has 1 N–H and O–H groups in total. The quantitative estimate of drug-likeness (QED) is 0.317. The van der Waals surface area contributed by atoms with Gasteiger partial charge in [0.1, 0.15) is 6.61 Å². The molecule has 3 heterocycles. The summed E-state index contributed by atoms with van der Waals surface area (Å²) in [6, 6.07) is 15.8. The predicted octanol–water partition coefficient (Wildman–Crippen LogP) is 2.97. The molecule has 0 radical (unpaired) electrons. The third-order valence-electron chi connectivity index (χ3n) is 6.08. The van der Waals surface area contributed by atoms with Crippen LogP contribution in [-0.4, -0.2) is 80.4 Å². The van der Waals surface area contributed by atoms with Gasteiger partial charge in [-0.1, -0.05) is 30.3 Å². The van der Waals surface area contributed by atoms with Gasteiger partial charge in [0, 0.05) is 26.2 Å². The van der Waals surface area contributed by atoms with Gasteiger partial charge in [-0.2, -0.15) is 20.1 Å². The van der Waals surface area contributed by atoms with Crippen LogP contribution < -0.4 is 24.7 Å². The van der Waals surface area contributed by atoms with Crippen LogP contribution in [0.4, 0.5) is 17.8 Å². The summed E-state index contributed by atoms with van der Waals surface area (Å²) in [4.78, 5) is 18.2. The summed E-state index contributed by atoms with van der Waals surface area (Å²) in [6.07, 6.45) is 1.70. The minimum Gasteiger partial charge on any atom is -0.490 e. The fourth-order valence-corrected chi connectivity index (χ4v) is 4.11. The third-order valence-corrected chi connectivity index (χ3v) is 6.08. The first kappa shape index (κ1) is 25.7. The Bertz CT molecular complexity index is 1160. The summed E-state index contributed by atoms with van der Waals surface area (Å²) in [6.45, 7) is 8.44. The first-order chi connectivity index (χ1) is 18.8. The Labute approximate surface area is 222 Å². The van der Waals surface area contributed by atoms with Crippen LogP contribution in [0.15, 0.2) is 53.6 Å². The van der Waals surface area contributed by atoms with Gasteiger partial charge in [-0.25, -0.2) is 5.43 Å². The van der Waals surface area contributed by atoms with Crippen molar-refractivity contribution in [1.82, 2.24) is 15.0 Å². The highest BCUT2D eigenvalue weighted by atomic mass is 16.5. The van der Waals surface area contributed by atoms with Gasteiger partial charge in [0.2, 0.25) is 17.8 Å². The standard InChI is InChI=1S/C27H33N7O4/c1-2-37-24-18-22(8-9-23(24)38-20-21-6-4-3-5-7-21)19-28-32-25-29-26(33-10-14-35-15-11-33)31-27(30-25)34-12-16-36-17-13-34/h3-9,18-19H,2,10-17,20H2,1H3,(H,29,30,31,32)/b28-19+. The average Bonchev–Trinajstić information content (AvgIpc) is 2.98. The van der Waals surface area contributed by atoms with Crippen LogP contribution in [0.5, 0.6) is 11.5 Å². The molecule has 2 fully saturated rings. The molecule has 0 bridgehead atoms. The SMILES string of the molecule is CCOc1cc(/C=N/Nc2nc(N3CCOCC3)nc(N3CCOCC3)n2)ccc1OCc1ccccc1. The fourth-order valence-electron chi connectivity index (χ4n) is 4.11. The molecule has 11 heteroatoms. The molecule has 2 aliphatic rings. The van der Waals surface area contributed by atoms with Crippen molar-refractivity contribution in [2.45, 2.75) is 13.5 Å². The van der Waals surface area contributed by atoms with Crippen molar-refractivity contribution >= 4 is 24.1 Å². The van der Waals surface area contributed by atoms with Gasteiger partial charge in [0.05, 0.1) is 39.2 Å². The lowest BCUT2D eigenvalue weighted by Gasteiger charge is -2.30. The van der Waals surface area contributed by atoms with Crippen LogP contribution in [-0.2, 0) is 16.1 Å². The van der Waals surface area contributed by atoms with E-state index in [-0.39, 0.29) is 0 Å². The van der Waals surface area contributed by atoms with E-state index in [1.54, 1.807) is 6.21 Å². The van der Waals surface area contributed by atoms with E-state index in [0.717, 1.165) is 37.3 Å². The van der Waals surface area contributed by atoms with Crippen molar-refractivity contribution in [3.8, 4) is 11.5 Å². The van der Waals surface area contributed by atoms with E-state index >= 15 is 0 Å². The molecular weight excluding hydrogens is 486 g/mol. The highest BCUT2D eigenvalue weighted by molar-refractivity contribution is 5.81. The molecule has 1 aromatic heterocycles. The van der Waals surface area contributed by atoms with Crippen LogP contribution >= 0.6 is 0 Å². The topological polar surface area (TPSA) is 106 Å². The zero-order valence-corrected chi connectivity index (χ0v) is 21.6. The van der Waals surface area contributed by atoms with E-state index in [1.165, 1.54) is 0 Å². The number of anilines is 3. The van der Waals surface area contributed by atoms with E-state index in [4.69, 9.17) is 23.9 Å². The van der Waals surface area contributed by atoms with Crippen molar-refractivity contribution in [3.05, 3.63) is 59.7 Å². The molecule has 2 aliphatic heterocycles. The number of hydrazone groups is 1. The fraction of sp³-hybridized carbons (Fsp3) is 0.407. The zero-order valence-electron chi connectivity index (χ0n) is 21.6. The zero-order chi connectivity index (χ0) is 26.0. The largest absolute Gasteiger partial charge is 0.490 e. The molecule has 0 amide bonds. The van der Waals surface area contributed by atoms with Crippen LogP contribution in [0.1, 0.15) is 18.1 Å². The van der Waals surface area contributed by atoms with Crippen LogP contribution in [0.3, 0.4) is 0 Å². The number of benzene rings is 2. The van der Waals surface area contributed by atoms with Crippen molar-refractivity contribution < 1.29 is 18.9 Å². The maximum atomic E-state index is 6.01. The van der Waals surface area contributed by atoms with Gasteiger partial charge < -0.3 is 28.7 Å². The summed E-state index contributed by atoms with van der Waals surface area (Å²) in [7, 11) is 0. The molecular formula is C27H33N7O4. The van der Waals surface area contributed by atoms with Gasteiger partial charge in [-0.15, -0.1) is 0 Å². The number of rotatable bonds is 10. The molecule has 0 aliphatic carbocycles. The van der Waals surface area contributed by atoms with Crippen molar-refractivity contribution in [2.75, 3.05) is 74.4 Å².